The zero-order valence-electron chi connectivity index (χ0n) is 7.38. The standard InChI is InChI=1S/C13H10/c1-2-3-5-11-8-9-12-6-4-7-13(12)10-11/h2,4,7-10H,1,6H2. The molecule has 13 heavy (non-hydrogen) atoms. The van der Waals surface area contributed by atoms with Crippen molar-refractivity contribution in [1.82, 2.24) is 0 Å². The van der Waals surface area contributed by atoms with E-state index in [-0.39, 0.29) is 0 Å². The van der Waals surface area contributed by atoms with E-state index in [0.717, 1.165) is 12.0 Å². The molecule has 0 aromatic heterocycles. The molecule has 0 nitrogen and oxygen atoms in total. The van der Waals surface area contributed by atoms with Gasteiger partial charge < -0.3 is 0 Å². The van der Waals surface area contributed by atoms with Crippen LogP contribution in [0, 0.1) is 11.8 Å². The highest BCUT2D eigenvalue weighted by molar-refractivity contribution is 5.62. The first-order valence-corrected chi connectivity index (χ1v) is 4.32. The summed E-state index contributed by atoms with van der Waals surface area (Å²) in [6.45, 7) is 3.56. The van der Waals surface area contributed by atoms with Crippen molar-refractivity contribution in [3.63, 3.8) is 0 Å². The molecule has 0 bridgehead atoms. The number of benzene rings is 1. The normalized spacial score (nSPS) is 11.7. The third-order valence-electron chi connectivity index (χ3n) is 2.10. The van der Waals surface area contributed by atoms with Gasteiger partial charge in [-0.2, -0.15) is 0 Å². The van der Waals surface area contributed by atoms with E-state index in [0.29, 0.717) is 0 Å². The summed E-state index contributed by atoms with van der Waals surface area (Å²) in [7, 11) is 0. The molecule has 0 amide bonds. The largest absolute Gasteiger partial charge is 0.0906 e. The smallest absolute Gasteiger partial charge is 0.0254 e. The molecule has 0 radical (unpaired) electrons. The molecule has 0 saturated carbocycles. The van der Waals surface area contributed by atoms with Crippen LogP contribution in [-0.4, -0.2) is 0 Å². The summed E-state index contributed by atoms with van der Waals surface area (Å²) in [6.07, 6.45) is 7.00. The van der Waals surface area contributed by atoms with Gasteiger partial charge in [0.05, 0.1) is 0 Å². The zero-order valence-corrected chi connectivity index (χ0v) is 7.38. The predicted octanol–water partition coefficient (Wildman–Crippen LogP) is 2.79. The molecule has 0 spiro atoms. The lowest BCUT2D eigenvalue weighted by molar-refractivity contribution is 1.31. The van der Waals surface area contributed by atoms with Crippen LogP contribution in [0.2, 0.25) is 0 Å². The Hall–Kier alpha value is -1.74. The quantitative estimate of drug-likeness (QED) is 0.520. The van der Waals surface area contributed by atoms with Crippen LogP contribution in [0.15, 0.2) is 36.9 Å². The molecule has 0 saturated heterocycles. The summed E-state index contributed by atoms with van der Waals surface area (Å²) in [6, 6.07) is 6.32. The van der Waals surface area contributed by atoms with Crippen molar-refractivity contribution >= 4 is 6.08 Å². The Morgan fingerprint density at radius 3 is 3.15 bits per heavy atom. The fraction of sp³-hybridized carbons (Fsp3) is 0.0769. The molecule has 0 heterocycles. The first-order chi connectivity index (χ1) is 6.40. The van der Waals surface area contributed by atoms with Gasteiger partial charge >= 0.3 is 0 Å². The van der Waals surface area contributed by atoms with Crippen molar-refractivity contribution in [2.45, 2.75) is 6.42 Å². The van der Waals surface area contributed by atoms with E-state index in [1.165, 1.54) is 11.1 Å². The molecule has 0 aliphatic heterocycles. The van der Waals surface area contributed by atoms with Crippen LogP contribution in [-0.2, 0) is 6.42 Å². The Morgan fingerprint density at radius 1 is 1.38 bits per heavy atom. The minimum atomic E-state index is 1.06. The predicted molar refractivity (Wildman–Crippen MR) is 56.3 cm³/mol. The fourth-order valence-electron chi connectivity index (χ4n) is 1.46. The van der Waals surface area contributed by atoms with Crippen molar-refractivity contribution in [3.05, 3.63) is 53.6 Å². The van der Waals surface area contributed by atoms with Gasteiger partial charge in [0.15, 0.2) is 0 Å². The van der Waals surface area contributed by atoms with Crippen LogP contribution < -0.4 is 0 Å². The third-order valence-corrected chi connectivity index (χ3v) is 2.10. The lowest BCUT2D eigenvalue weighted by Crippen LogP contribution is -1.82. The van der Waals surface area contributed by atoms with Crippen LogP contribution in [0.1, 0.15) is 16.7 Å². The van der Waals surface area contributed by atoms with Crippen LogP contribution >= 0.6 is 0 Å². The third kappa shape index (κ3) is 1.55. The Morgan fingerprint density at radius 2 is 2.31 bits per heavy atom. The van der Waals surface area contributed by atoms with Crippen LogP contribution in [0.4, 0.5) is 0 Å². The maximum atomic E-state index is 3.56. The van der Waals surface area contributed by atoms with Crippen molar-refractivity contribution in [2.75, 3.05) is 0 Å². The van der Waals surface area contributed by atoms with Crippen LogP contribution in [0.3, 0.4) is 0 Å². The lowest BCUT2D eigenvalue weighted by Gasteiger charge is -1.97. The van der Waals surface area contributed by atoms with Gasteiger partial charge in [-0.15, -0.1) is 0 Å². The molecule has 0 unspecified atom stereocenters. The Balaban J connectivity index is 2.40. The first-order valence-electron chi connectivity index (χ1n) is 4.32. The maximum Gasteiger partial charge on any atom is 0.0254 e. The molecule has 1 aromatic carbocycles. The molecule has 0 atom stereocenters. The fourth-order valence-corrected chi connectivity index (χ4v) is 1.46. The highest BCUT2D eigenvalue weighted by atomic mass is 14.1. The SMILES string of the molecule is C=CC#Cc1ccc2c(c1)C=CC2. The average molecular weight is 166 g/mol. The second-order valence-corrected chi connectivity index (χ2v) is 2.99. The van der Waals surface area contributed by atoms with Gasteiger partial charge in [0.2, 0.25) is 0 Å². The van der Waals surface area contributed by atoms with Gasteiger partial charge in [0, 0.05) is 5.56 Å². The second-order valence-electron chi connectivity index (χ2n) is 2.99. The monoisotopic (exact) mass is 166 g/mol. The molecule has 0 heteroatoms. The molecule has 2 rings (SSSR count). The second kappa shape index (κ2) is 3.33. The van der Waals surface area contributed by atoms with Crippen LogP contribution in [0.5, 0.6) is 0 Å². The van der Waals surface area contributed by atoms with E-state index >= 15 is 0 Å². The lowest BCUT2D eigenvalue weighted by atomic mass is 10.1. The zero-order chi connectivity index (χ0) is 9.10. The van der Waals surface area contributed by atoms with E-state index in [4.69, 9.17) is 0 Å². The molecule has 1 aliphatic carbocycles. The Kier molecular flexibility index (Phi) is 2.02. The summed E-state index contributed by atoms with van der Waals surface area (Å²) in [5, 5.41) is 0. The highest BCUT2D eigenvalue weighted by Gasteiger charge is 2.03. The van der Waals surface area contributed by atoms with E-state index in [2.05, 4.69) is 48.8 Å². The average Bonchev–Trinajstić information content (AvgIpc) is 2.61. The maximum absolute atomic E-state index is 3.56. The van der Waals surface area contributed by atoms with E-state index in [9.17, 15) is 0 Å². The van der Waals surface area contributed by atoms with Crippen molar-refractivity contribution in [2.24, 2.45) is 0 Å². The van der Waals surface area contributed by atoms with E-state index in [1.54, 1.807) is 6.08 Å². The summed E-state index contributed by atoms with van der Waals surface area (Å²) in [5.74, 6) is 5.87. The summed E-state index contributed by atoms with van der Waals surface area (Å²) in [5.41, 5.74) is 3.75. The van der Waals surface area contributed by atoms with Gasteiger partial charge in [-0.25, -0.2) is 0 Å². The molecule has 1 aliphatic rings. The number of rotatable bonds is 0. The highest BCUT2D eigenvalue weighted by Crippen LogP contribution is 2.19. The van der Waals surface area contributed by atoms with Crippen LogP contribution in [0.25, 0.3) is 6.08 Å². The number of allylic oxidation sites excluding steroid dienone is 2. The number of hydrogen-bond acceptors (Lipinski definition) is 0. The molecule has 0 N–H and O–H groups in total. The molecule has 0 fully saturated rings. The van der Waals surface area contributed by atoms with Gasteiger partial charge in [0.25, 0.3) is 0 Å². The van der Waals surface area contributed by atoms with Gasteiger partial charge in [-0.3, -0.25) is 0 Å². The summed E-state index contributed by atoms with van der Waals surface area (Å²) < 4.78 is 0. The molecule has 62 valence electrons. The van der Waals surface area contributed by atoms with Crippen molar-refractivity contribution in [3.8, 4) is 11.8 Å². The Bertz CT molecular complexity index is 425. The van der Waals surface area contributed by atoms with Crippen molar-refractivity contribution in [1.29, 1.82) is 0 Å². The van der Waals surface area contributed by atoms with Gasteiger partial charge in [0.1, 0.15) is 0 Å². The molecular weight excluding hydrogens is 156 g/mol. The Labute approximate surface area is 78.6 Å². The topological polar surface area (TPSA) is 0 Å². The van der Waals surface area contributed by atoms with Gasteiger partial charge in [-0.1, -0.05) is 36.6 Å². The summed E-state index contributed by atoms with van der Waals surface area (Å²) >= 11 is 0. The van der Waals surface area contributed by atoms with E-state index < -0.39 is 0 Å². The number of hydrogen-bond donors (Lipinski definition) is 0. The first kappa shape index (κ1) is 7.89. The molecular formula is C13H10. The summed E-state index contributed by atoms with van der Waals surface area (Å²) in [4.78, 5) is 0. The minimum Gasteiger partial charge on any atom is -0.0906 e. The van der Waals surface area contributed by atoms with E-state index in [1.807, 2.05) is 0 Å². The molecule has 1 aromatic rings. The number of fused-ring (bicyclic) bond motifs is 1. The van der Waals surface area contributed by atoms with Gasteiger partial charge in [-0.05, 0) is 35.8 Å². The minimum absolute atomic E-state index is 1.06. The van der Waals surface area contributed by atoms with Crippen molar-refractivity contribution < 1.29 is 0 Å².